The second kappa shape index (κ2) is 10.6. The summed E-state index contributed by atoms with van der Waals surface area (Å²) in [6, 6.07) is 10.4. The van der Waals surface area contributed by atoms with Gasteiger partial charge in [-0.3, -0.25) is 25.8 Å². The molecule has 2 amide bonds. The van der Waals surface area contributed by atoms with Crippen molar-refractivity contribution in [3.05, 3.63) is 55.6 Å². The zero-order valence-electron chi connectivity index (χ0n) is 15.0. The van der Waals surface area contributed by atoms with E-state index in [2.05, 4.69) is 54.7 Å². The molecule has 3 N–H and O–H groups in total. The summed E-state index contributed by atoms with van der Waals surface area (Å²) in [5, 5.41) is 2.44. The number of amides is 2. The van der Waals surface area contributed by atoms with Crippen LogP contribution in [-0.4, -0.2) is 30.6 Å². The summed E-state index contributed by atoms with van der Waals surface area (Å²) >= 11 is 10.5. The van der Waals surface area contributed by atoms with E-state index in [0.717, 1.165) is 13.6 Å². The number of rotatable bonds is 5. The van der Waals surface area contributed by atoms with E-state index < -0.39 is 11.8 Å². The molecule has 0 radical (unpaired) electrons. The fraction of sp³-hybridized carbons (Fsp3) is 0.167. The Morgan fingerprint density at radius 3 is 2.57 bits per heavy atom. The van der Waals surface area contributed by atoms with Crippen LogP contribution in [0.4, 0.5) is 0 Å². The highest BCUT2D eigenvalue weighted by molar-refractivity contribution is 14.1. The number of hydrogen-bond acceptors (Lipinski definition) is 5. The van der Waals surface area contributed by atoms with Gasteiger partial charge >= 0.3 is 0 Å². The lowest BCUT2D eigenvalue weighted by Crippen LogP contribution is -2.49. The van der Waals surface area contributed by atoms with Gasteiger partial charge in [0.15, 0.2) is 11.7 Å². The first-order valence-corrected chi connectivity index (χ1v) is 10.2. The maximum Gasteiger partial charge on any atom is 0.276 e. The van der Waals surface area contributed by atoms with E-state index in [1.807, 2.05) is 19.1 Å². The van der Waals surface area contributed by atoms with Gasteiger partial charge < -0.3 is 9.47 Å². The normalized spacial score (nSPS) is 10.0. The first-order valence-electron chi connectivity index (χ1n) is 7.93. The second-order valence-electron chi connectivity index (χ2n) is 5.51. The minimum Gasteiger partial charge on any atom is -0.496 e. The fourth-order valence-corrected chi connectivity index (χ4v) is 3.16. The molecule has 7 nitrogen and oxygen atoms in total. The van der Waals surface area contributed by atoms with Gasteiger partial charge in [0.25, 0.3) is 11.8 Å². The quantitative estimate of drug-likeness (QED) is 0.288. The minimum atomic E-state index is -0.448. The highest BCUT2D eigenvalue weighted by atomic mass is 127. The van der Waals surface area contributed by atoms with E-state index in [1.165, 1.54) is 0 Å². The Balaban J connectivity index is 1.78. The van der Waals surface area contributed by atoms with E-state index in [1.54, 1.807) is 31.4 Å². The second-order valence-corrected chi connectivity index (χ2v) is 7.93. The van der Waals surface area contributed by atoms with Gasteiger partial charge in [-0.15, -0.1) is 0 Å². The van der Waals surface area contributed by atoms with Crippen molar-refractivity contribution in [3.8, 4) is 11.5 Å². The van der Waals surface area contributed by atoms with Crippen LogP contribution in [0.15, 0.2) is 40.9 Å². The van der Waals surface area contributed by atoms with Gasteiger partial charge in [-0.25, -0.2) is 0 Å². The van der Waals surface area contributed by atoms with E-state index in [-0.39, 0.29) is 11.7 Å². The molecule has 2 aromatic rings. The van der Waals surface area contributed by atoms with Crippen molar-refractivity contribution in [2.24, 2.45) is 0 Å². The number of ether oxygens (including phenoxy) is 2. The predicted octanol–water partition coefficient (Wildman–Crippen LogP) is 3.09. The Morgan fingerprint density at radius 2 is 1.93 bits per heavy atom. The number of benzene rings is 2. The molecule has 2 rings (SSSR count). The Hall–Kier alpha value is -1.92. The third-order valence-corrected chi connectivity index (χ3v) is 5.39. The van der Waals surface area contributed by atoms with Crippen LogP contribution >= 0.6 is 50.7 Å². The summed E-state index contributed by atoms with van der Waals surface area (Å²) in [7, 11) is 1.56. The number of nitrogens with one attached hydrogen (secondary N) is 3. The van der Waals surface area contributed by atoms with Crippen LogP contribution in [0, 0.1) is 10.5 Å². The maximum atomic E-state index is 12.2. The number of carbonyl (C=O) groups is 2. The molecule has 0 unspecified atom stereocenters. The molecule has 0 atom stereocenters. The molecule has 2 aromatic carbocycles. The number of hydrogen-bond donors (Lipinski definition) is 3. The highest BCUT2D eigenvalue weighted by Gasteiger charge is 2.11. The smallest absolute Gasteiger partial charge is 0.276 e. The van der Waals surface area contributed by atoms with E-state index in [4.69, 9.17) is 21.7 Å². The van der Waals surface area contributed by atoms with Crippen LogP contribution in [-0.2, 0) is 4.79 Å². The van der Waals surface area contributed by atoms with E-state index >= 15 is 0 Å². The fourth-order valence-electron chi connectivity index (χ4n) is 2.03. The van der Waals surface area contributed by atoms with Gasteiger partial charge in [0.1, 0.15) is 11.5 Å². The van der Waals surface area contributed by atoms with Crippen molar-refractivity contribution < 1.29 is 19.1 Å². The van der Waals surface area contributed by atoms with Crippen LogP contribution in [0.1, 0.15) is 15.9 Å². The summed E-state index contributed by atoms with van der Waals surface area (Å²) in [5.74, 6) is 0.386. The van der Waals surface area contributed by atoms with Crippen molar-refractivity contribution in [2.45, 2.75) is 6.92 Å². The van der Waals surface area contributed by atoms with Crippen molar-refractivity contribution in [1.82, 2.24) is 16.2 Å². The predicted molar refractivity (Wildman–Crippen MR) is 121 cm³/mol. The largest absolute Gasteiger partial charge is 0.496 e. The standard InChI is InChI=1S/C18H17BrIN3O4S/c1-10-7-12(4-5-13(10)19)27-9-16(24)22-23-18(28)21-17(25)11-3-6-15(26-2)14(20)8-11/h3-8H,9H2,1-2H3,(H,22,24)(H2,21,23,25,28). The molecule has 0 aliphatic rings. The topological polar surface area (TPSA) is 88.7 Å². The Labute approximate surface area is 189 Å². The summed E-state index contributed by atoms with van der Waals surface area (Å²) < 4.78 is 12.3. The van der Waals surface area contributed by atoms with Crippen LogP contribution < -0.4 is 25.6 Å². The first-order chi connectivity index (χ1) is 13.3. The molecule has 0 aliphatic heterocycles. The molecule has 28 heavy (non-hydrogen) atoms. The van der Waals surface area contributed by atoms with Crippen molar-refractivity contribution in [2.75, 3.05) is 13.7 Å². The van der Waals surface area contributed by atoms with Gasteiger partial charge in [0, 0.05) is 10.0 Å². The SMILES string of the molecule is COc1ccc(C(=O)NC(=S)NNC(=O)COc2ccc(Br)c(C)c2)cc1I. The number of hydrazine groups is 1. The summed E-state index contributed by atoms with van der Waals surface area (Å²) in [6.07, 6.45) is 0. The molecule has 0 bridgehead atoms. The van der Waals surface area contributed by atoms with Crippen LogP contribution in [0.5, 0.6) is 11.5 Å². The Bertz CT molecular complexity index is 910. The lowest BCUT2D eigenvalue weighted by Gasteiger charge is -2.12. The first kappa shape index (κ1) is 22.4. The van der Waals surface area contributed by atoms with Crippen LogP contribution in [0.25, 0.3) is 0 Å². The number of halogens is 2. The zero-order chi connectivity index (χ0) is 20.7. The third kappa shape index (κ3) is 6.60. The van der Waals surface area contributed by atoms with E-state index in [0.29, 0.717) is 17.1 Å². The van der Waals surface area contributed by atoms with Crippen molar-refractivity contribution >= 4 is 67.7 Å². The molecule has 0 heterocycles. The monoisotopic (exact) mass is 577 g/mol. The zero-order valence-corrected chi connectivity index (χ0v) is 19.5. The lowest BCUT2D eigenvalue weighted by molar-refractivity contribution is -0.123. The van der Waals surface area contributed by atoms with Crippen molar-refractivity contribution in [3.63, 3.8) is 0 Å². The number of thiocarbonyl (C=S) groups is 1. The molecule has 0 aliphatic carbocycles. The molecule has 148 valence electrons. The Morgan fingerprint density at radius 1 is 1.18 bits per heavy atom. The van der Waals surface area contributed by atoms with Gasteiger partial charge in [0.05, 0.1) is 10.7 Å². The van der Waals surface area contributed by atoms with Gasteiger partial charge in [-0.1, -0.05) is 15.9 Å². The summed E-state index contributed by atoms with van der Waals surface area (Å²) in [5.41, 5.74) is 6.23. The average Bonchev–Trinajstić information content (AvgIpc) is 2.67. The Kier molecular flexibility index (Phi) is 8.45. The number of methoxy groups -OCH3 is 1. The number of carbonyl (C=O) groups excluding carboxylic acids is 2. The average molecular weight is 578 g/mol. The molecular formula is C18H17BrIN3O4S. The molecule has 0 saturated carbocycles. The van der Waals surface area contributed by atoms with Gasteiger partial charge in [0.2, 0.25) is 0 Å². The molecular weight excluding hydrogens is 561 g/mol. The molecule has 0 aromatic heterocycles. The van der Waals surface area contributed by atoms with Crippen LogP contribution in [0.3, 0.4) is 0 Å². The molecule has 10 heteroatoms. The molecule has 0 fully saturated rings. The van der Waals surface area contributed by atoms with Gasteiger partial charge in [-0.05, 0) is 83.7 Å². The maximum absolute atomic E-state index is 12.2. The summed E-state index contributed by atoms with van der Waals surface area (Å²) in [6.45, 7) is 1.71. The molecule has 0 saturated heterocycles. The highest BCUT2D eigenvalue weighted by Crippen LogP contribution is 2.22. The van der Waals surface area contributed by atoms with Crippen LogP contribution in [0.2, 0.25) is 0 Å². The van der Waals surface area contributed by atoms with E-state index in [9.17, 15) is 9.59 Å². The lowest BCUT2D eigenvalue weighted by atomic mass is 10.2. The minimum absolute atomic E-state index is 0.0383. The van der Waals surface area contributed by atoms with Crippen molar-refractivity contribution in [1.29, 1.82) is 0 Å². The van der Waals surface area contributed by atoms with Gasteiger partial charge in [-0.2, -0.15) is 0 Å². The molecule has 0 spiro atoms. The third-order valence-electron chi connectivity index (χ3n) is 3.46. The number of aryl methyl sites for hydroxylation is 1. The summed E-state index contributed by atoms with van der Waals surface area (Å²) in [4.78, 5) is 24.0.